The van der Waals surface area contributed by atoms with Crippen LogP contribution >= 0.6 is 0 Å². The second kappa shape index (κ2) is 6.59. The number of rotatable bonds is 5. The van der Waals surface area contributed by atoms with Crippen LogP contribution in [0.2, 0.25) is 0 Å². The van der Waals surface area contributed by atoms with Crippen molar-refractivity contribution in [2.75, 3.05) is 6.61 Å². The van der Waals surface area contributed by atoms with Gasteiger partial charge in [-0.15, -0.1) is 0 Å². The van der Waals surface area contributed by atoms with E-state index >= 15 is 0 Å². The summed E-state index contributed by atoms with van der Waals surface area (Å²) in [5.41, 5.74) is 2.82. The molecule has 0 unspecified atom stereocenters. The van der Waals surface area contributed by atoms with E-state index in [0.717, 1.165) is 25.2 Å². The molecule has 19 heavy (non-hydrogen) atoms. The molecule has 0 N–H and O–H groups in total. The topological polar surface area (TPSA) is 13.1 Å². The summed E-state index contributed by atoms with van der Waals surface area (Å²) >= 11 is -0.311. The molecule has 0 saturated carbocycles. The quantitative estimate of drug-likeness (QED) is 0.580. The molecule has 1 heterocycles. The molecule has 1 aromatic carbocycles. The van der Waals surface area contributed by atoms with Crippen LogP contribution in [0.1, 0.15) is 38.4 Å². The molecule has 102 valence electrons. The summed E-state index contributed by atoms with van der Waals surface area (Å²) in [6, 6.07) is 6.87. The summed E-state index contributed by atoms with van der Waals surface area (Å²) in [6.45, 7) is 9.37. The van der Waals surface area contributed by atoms with E-state index in [0.29, 0.717) is 0 Å². The first kappa shape index (κ1) is 14.6. The minimum absolute atomic E-state index is 0.311. The van der Waals surface area contributed by atoms with Crippen molar-refractivity contribution in [3.05, 3.63) is 35.2 Å². The molecule has 0 saturated heterocycles. The Morgan fingerprint density at radius 3 is 2.74 bits per heavy atom. The van der Waals surface area contributed by atoms with Gasteiger partial charge in [0.25, 0.3) is 0 Å². The van der Waals surface area contributed by atoms with Crippen LogP contribution in [-0.4, -0.2) is 27.3 Å². The van der Waals surface area contributed by atoms with E-state index in [1.165, 1.54) is 16.6 Å². The first-order valence-electron chi connectivity index (χ1n) is 6.97. The Kier molecular flexibility index (Phi) is 5.07. The molecule has 0 atom stereocenters. The molecule has 2 aromatic rings. The van der Waals surface area contributed by atoms with Gasteiger partial charge in [-0.25, -0.2) is 0 Å². The van der Waals surface area contributed by atoms with Crippen molar-refractivity contribution in [3.63, 3.8) is 0 Å². The van der Waals surface area contributed by atoms with Crippen LogP contribution in [0.3, 0.4) is 0 Å². The summed E-state index contributed by atoms with van der Waals surface area (Å²) in [5, 5.41) is 1.47. The maximum absolute atomic E-state index is 5.70. The summed E-state index contributed by atoms with van der Waals surface area (Å²) in [6.07, 6.45) is 4.28. The number of allylic oxidation sites excluding steroid dienone is 1. The van der Waals surface area contributed by atoms with Crippen LogP contribution in [0, 0.1) is 6.92 Å². The second-order valence-corrected chi connectivity index (χ2v) is 7.50. The Labute approximate surface area is 125 Å². The average molecular weight is 372 g/mol. The third kappa shape index (κ3) is 3.22. The Balaban J connectivity index is 2.54. The number of benzene rings is 1. The Hall–Kier alpha value is -0.780. The van der Waals surface area contributed by atoms with E-state index in [4.69, 9.17) is 4.74 Å². The van der Waals surface area contributed by atoms with Gasteiger partial charge in [-0.3, -0.25) is 0 Å². The predicted molar refractivity (Wildman–Crippen MR) is 81.4 cm³/mol. The molecular weight excluding hydrogens is 350 g/mol. The second-order valence-electron chi connectivity index (χ2n) is 4.60. The molecule has 0 bridgehead atoms. The molecule has 0 aliphatic heterocycles. The molecule has 3 heteroatoms. The van der Waals surface area contributed by atoms with E-state index < -0.39 is 0 Å². The van der Waals surface area contributed by atoms with Crippen molar-refractivity contribution >= 4 is 35.7 Å². The first-order valence-corrected chi connectivity index (χ1v) is 9.17. The van der Waals surface area contributed by atoms with Crippen LogP contribution in [0.15, 0.2) is 24.0 Å². The number of aryl methyl sites for hydroxylation is 2. The average Bonchev–Trinajstić information content (AvgIpc) is 2.74. The van der Waals surface area contributed by atoms with Gasteiger partial charge in [0.1, 0.15) is 0 Å². The molecule has 0 fully saturated rings. The van der Waals surface area contributed by atoms with Gasteiger partial charge in [-0.05, 0) is 0 Å². The van der Waals surface area contributed by atoms with E-state index in [2.05, 4.69) is 48.0 Å². The zero-order valence-electron chi connectivity index (χ0n) is 12.2. The Morgan fingerprint density at radius 1 is 1.32 bits per heavy atom. The summed E-state index contributed by atoms with van der Waals surface area (Å²) in [4.78, 5) is 0. The molecule has 0 aliphatic carbocycles. The van der Waals surface area contributed by atoms with Gasteiger partial charge in [-0.2, -0.15) is 0 Å². The molecule has 0 amide bonds. The third-order valence-electron chi connectivity index (χ3n) is 3.18. The molecule has 0 radical (unpaired) electrons. The van der Waals surface area contributed by atoms with E-state index in [1.807, 2.05) is 6.92 Å². The predicted octanol–water partition coefficient (Wildman–Crippen LogP) is 3.30. The van der Waals surface area contributed by atoms with Crippen molar-refractivity contribution in [3.8, 4) is 0 Å². The fourth-order valence-electron chi connectivity index (χ4n) is 2.23. The van der Waals surface area contributed by atoms with Gasteiger partial charge in [-0.1, -0.05) is 0 Å². The zero-order valence-corrected chi connectivity index (χ0v) is 14.5. The van der Waals surface area contributed by atoms with Crippen LogP contribution in [0.25, 0.3) is 15.0 Å². The van der Waals surface area contributed by atoms with Gasteiger partial charge >= 0.3 is 126 Å². The van der Waals surface area contributed by atoms with E-state index in [-0.39, 0.29) is 20.7 Å². The van der Waals surface area contributed by atoms with Crippen LogP contribution in [0.4, 0.5) is 0 Å². The van der Waals surface area contributed by atoms with Crippen LogP contribution in [0.5, 0.6) is 0 Å². The molecule has 2 rings (SSSR count). The number of hydrogen-bond donors (Lipinski definition) is 0. The van der Waals surface area contributed by atoms with Crippen molar-refractivity contribution in [2.24, 2.45) is 0 Å². The summed E-state index contributed by atoms with van der Waals surface area (Å²) < 4.78 is 9.72. The molecular formula is C16H22NOTe+. The number of nitrogens with zero attached hydrogens (tertiary/aromatic N) is 1. The number of fused-ring (bicyclic) bond motifs is 1. The van der Waals surface area contributed by atoms with Crippen molar-refractivity contribution in [1.82, 2.24) is 0 Å². The first-order chi connectivity index (χ1) is 9.19. The number of hydrogen-bond acceptors (Lipinski definition) is 1. The number of aromatic nitrogens is 1. The van der Waals surface area contributed by atoms with Gasteiger partial charge < -0.3 is 0 Å². The van der Waals surface area contributed by atoms with E-state index in [1.54, 1.807) is 3.40 Å². The monoisotopic (exact) mass is 374 g/mol. The van der Waals surface area contributed by atoms with Gasteiger partial charge in [0, 0.05) is 0 Å². The summed E-state index contributed by atoms with van der Waals surface area (Å²) in [7, 11) is 0. The van der Waals surface area contributed by atoms with Gasteiger partial charge in [0.05, 0.1) is 0 Å². The van der Waals surface area contributed by atoms with Crippen molar-refractivity contribution in [1.29, 1.82) is 0 Å². The van der Waals surface area contributed by atoms with Crippen molar-refractivity contribution < 1.29 is 7.53 Å². The molecule has 0 aliphatic rings. The summed E-state index contributed by atoms with van der Waals surface area (Å²) in [5.74, 6) is 1.10. The molecule has 2 nitrogen and oxygen atoms in total. The fourth-order valence-corrected chi connectivity index (χ4v) is 5.43. The van der Waals surface area contributed by atoms with Crippen molar-refractivity contribution in [2.45, 2.75) is 40.5 Å². The van der Waals surface area contributed by atoms with Crippen LogP contribution in [-0.2, 0) is 11.2 Å². The van der Waals surface area contributed by atoms with Gasteiger partial charge in [0.2, 0.25) is 0 Å². The van der Waals surface area contributed by atoms with Crippen LogP contribution < -0.4 is 2.79 Å². The molecule has 1 aromatic heterocycles. The standard InChI is InChI=1S/C16H22NOTe/c1-5-13(18-7-3)11-17-15(6-2)14-10-12(4)8-9-16(14)19-17/h8-11H,5-7H2,1-4H3/q+1. The third-order valence-corrected chi connectivity index (χ3v) is 6.25. The van der Waals surface area contributed by atoms with E-state index in [9.17, 15) is 0 Å². The Morgan fingerprint density at radius 2 is 2.11 bits per heavy atom. The molecule has 0 spiro atoms. The normalized spacial score (nSPS) is 12.1. The maximum atomic E-state index is 5.70. The SMILES string of the molecule is CCOC(=C[n+]1[te]c2ccc(C)cc2c1CC)CC. The number of ether oxygens (including phenoxy) is 1. The minimum atomic E-state index is -0.311. The fraction of sp³-hybridized carbons (Fsp3) is 0.438. The zero-order chi connectivity index (χ0) is 13.8. The Bertz CT molecular complexity index is 598. The van der Waals surface area contributed by atoms with Gasteiger partial charge in [0.15, 0.2) is 0 Å².